The van der Waals surface area contributed by atoms with Gasteiger partial charge in [-0.05, 0) is 12.3 Å². The second-order valence-corrected chi connectivity index (χ2v) is 5.19. The van der Waals surface area contributed by atoms with Crippen molar-refractivity contribution in [3.8, 4) is 0 Å². The molecule has 1 heterocycles. The van der Waals surface area contributed by atoms with Crippen LogP contribution in [0.15, 0.2) is 11.5 Å². The lowest BCUT2D eigenvalue weighted by Gasteiger charge is -2.07. The molecule has 1 aromatic rings. The summed E-state index contributed by atoms with van der Waals surface area (Å²) in [6.45, 7) is 6.18. The molecule has 7 heteroatoms. The van der Waals surface area contributed by atoms with Crippen LogP contribution in [0.5, 0.6) is 0 Å². The Labute approximate surface area is 111 Å². The molecule has 0 spiro atoms. The lowest BCUT2D eigenvalue weighted by atomic mass is 10.1. The fourth-order valence-corrected chi connectivity index (χ4v) is 1.74. The Morgan fingerprint density at radius 2 is 2.39 bits per heavy atom. The summed E-state index contributed by atoms with van der Waals surface area (Å²) in [5, 5.41) is 9.82. The number of carbonyl (C=O) groups is 1. The van der Waals surface area contributed by atoms with E-state index in [2.05, 4.69) is 34.3 Å². The van der Waals surface area contributed by atoms with Gasteiger partial charge in [-0.2, -0.15) is 5.10 Å². The topological polar surface area (TPSA) is 79.9 Å². The van der Waals surface area contributed by atoms with Crippen LogP contribution in [-0.2, 0) is 9.53 Å². The summed E-state index contributed by atoms with van der Waals surface area (Å²) in [7, 11) is 0. The predicted molar refractivity (Wildman–Crippen MR) is 70.4 cm³/mol. The molecule has 0 aliphatic heterocycles. The van der Waals surface area contributed by atoms with E-state index in [9.17, 15) is 4.79 Å². The maximum Gasteiger partial charge on any atom is 0.230 e. The Morgan fingerprint density at radius 3 is 3.06 bits per heavy atom. The van der Waals surface area contributed by atoms with Gasteiger partial charge in [0, 0.05) is 13.2 Å². The summed E-state index contributed by atoms with van der Waals surface area (Å²) in [4.78, 5) is 15.3. The van der Waals surface area contributed by atoms with Crippen molar-refractivity contribution >= 4 is 17.7 Å². The first-order chi connectivity index (χ1) is 8.68. The van der Waals surface area contributed by atoms with E-state index < -0.39 is 0 Å². The number of amides is 1. The Hall–Kier alpha value is -1.08. The van der Waals surface area contributed by atoms with Gasteiger partial charge in [0.25, 0.3) is 0 Å². The molecule has 0 fully saturated rings. The van der Waals surface area contributed by atoms with Crippen LogP contribution in [-0.4, -0.2) is 46.6 Å². The van der Waals surface area contributed by atoms with Crippen LogP contribution in [0, 0.1) is 5.92 Å². The molecule has 0 saturated carbocycles. The first-order valence-electron chi connectivity index (χ1n) is 6.01. The van der Waals surface area contributed by atoms with Gasteiger partial charge in [0.05, 0.1) is 12.4 Å². The molecule has 0 atom stereocenters. The van der Waals surface area contributed by atoms with Crippen molar-refractivity contribution < 1.29 is 9.53 Å². The third-order valence-electron chi connectivity index (χ3n) is 2.14. The van der Waals surface area contributed by atoms with Gasteiger partial charge in [-0.25, -0.2) is 4.98 Å². The number of thioether (sulfide) groups is 1. The Kier molecular flexibility index (Phi) is 7.43. The fraction of sp³-hybridized carbons (Fsp3) is 0.727. The molecule has 0 unspecified atom stereocenters. The number of H-pyrrole nitrogens is 1. The first kappa shape index (κ1) is 15.0. The first-order valence-corrected chi connectivity index (χ1v) is 6.99. The minimum atomic E-state index is -0.0242. The molecule has 0 saturated heterocycles. The van der Waals surface area contributed by atoms with Crippen molar-refractivity contribution in [3.63, 3.8) is 0 Å². The van der Waals surface area contributed by atoms with Crippen LogP contribution in [0.3, 0.4) is 0 Å². The average molecular weight is 272 g/mol. The number of carbonyl (C=O) groups excluding carboxylic acids is 1. The zero-order valence-corrected chi connectivity index (χ0v) is 11.6. The molecule has 0 bridgehead atoms. The lowest BCUT2D eigenvalue weighted by molar-refractivity contribution is -0.118. The molecule has 1 amide bonds. The molecular weight excluding hydrogens is 252 g/mol. The van der Waals surface area contributed by atoms with Crippen LogP contribution in [0.2, 0.25) is 0 Å². The van der Waals surface area contributed by atoms with Gasteiger partial charge in [-0.15, -0.1) is 0 Å². The van der Waals surface area contributed by atoms with Gasteiger partial charge in [-0.3, -0.25) is 9.89 Å². The van der Waals surface area contributed by atoms with E-state index in [0.29, 0.717) is 30.0 Å². The molecule has 0 radical (unpaired) electrons. The number of nitrogens with zero attached hydrogens (tertiary/aromatic N) is 2. The molecule has 0 aliphatic carbocycles. The van der Waals surface area contributed by atoms with Gasteiger partial charge in [0.1, 0.15) is 6.33 Å². The number of aromatic nitrogens is 3. The minimum Gasteiger partial charge on any atom is -0.380 e. The fourth-order valence-electron chi connectivity index (χ4n) is 1.13. The number of nitrogens with one attached hydrogen (secondary N) is 2. The number of hydrogen-bond donors (Lipinski definition) is 2. The van der Waals surface area contributed by atoms with Crippen molar-refractivity contribution in [2.45, 2.75) is 25.4 Å². The lowest BCUT2D eigenvalue weighted by Crippen LogP contribution is -2.28. The molecular formula is C11H20N4O2S. The van der Waals surface area contributed by atoms with E-state index in [1.165, 1.54) is 18.1 Å². The summed E-state index contributed by atoms with van der Waals surface area (Å²) >= 11 is 1.33. The van der Waals surface area contributed by atoms with Crippen LogP contribution >= 0.6 is 11.8 Å². The molecule has 1 aromatic heterocycles. The van der Waals surface area contributed by atoms with Crippen molar-refractivity contribution in [1.82, 2.24) is 20.5 Å². The standard InChI is InChI=1S/C11H20N4O2S/c1-9(2)3-5-17-6-4-12-10(16)7-18-11-13-8-14-15-11/h8-9H,3-7H2,1-2H3,(H,12,16)(H,13,14,15). The van der Waals surface area contributed by atoms with Gasteiger partial charge in [0.15, 0.2) is 5.16 Å². The maximum atomic E-state index is 11.4. The highest BCUT2D eigenvalue weighted by Crippen LogP contribution is 2.09. The van der Waals surface area contributed by atoms with Crippen molar-refractivity contribution in [2.75, 3.05) is 25.5 Å². The summed E-state index contributed by atoms with van der Waals surface area (Å²) in [6.07, 6.45) is 2.47. The van der Waals surface area contributed by atoms with Gasteiger partial charge in [-0.1, -0.05) is 25.6 Å². The molecule has 102 valence electrons. The second-order valence-electron chi connectivity index (χ2n) is 4.22. The van der Waals surface area contributed by atoms with Gasteiger partial charge in [0.2, 0.25) is 5.91 Å². The summed E-state index contributed by atoms with van der Waals surface area (Å²) in [5.74, 6) is 0.961. The minimum absolute atomic E-state index is 0.0242. The number of ether oxygens (including phenoxy) is 1. The maximum absolute atomic E-state index is 11.4. The second kappa shape index (κ2) is 8.93. The monoisotopic (exact) mass is 272 g/mol. The highest BCUT2D eigenvalue weighted by molar-refractivity contribution is 7.99. The Balaban J connectivity index is 1.94. The normalized spacial score (nSPS) is 10.8. The SMILES string of the molecule is CC(C)CCOCCNC(=O)CSc1ncn[nH]1. The average Bonchev–Trinajstić information content (AvgIpc) is 2.83. The predicted octanol–water partition coefficient (Wildman–Crippen LogP) is 1.08. The zero-order chi connectivity index (χ0) is 13.2. The van der Waals surface area contributed by atoms with Crippen LogP contribution in [0.25, 0.3) is 0 Å². The van der Waals surface area contributed by atoms with Crippen LogP contribution in [0.4, 0.5) is 0 Å². The van der Waals surface area contributed by atoms with E-state index in [0.717, 1.165) is 13.0 Å². The van der Waals surface area contributed by atoms with E-state index in [4.69, 9.17) is 4.74 Å². The van der Waals surface area contributed by atoms with Crippen molar-refractivity contribution in [3.05, 3.63) is 6.33 Å². The van der Waals surface area contributed by atoms with Crippen molar-refractivity contribution in [1.29, 1.82) is 0 Å². The van der Waals surface area contributed by atoms with Crippen molar-refractivity contribution in [2.24, 2.45) is 5.92 Å². The third kappa shape index (κ3) is 7.29. The van der Waals surface area contributed by atoms with E-state index >= 15 is 0 Å². The molecule has 2 N–H and O–H groups in total. The van der Waals surface area contributed by atoms with Crippen LogP contribution in [0.1, 0.15) is 20.3 Å². The molecule has 18 heavy (non-hydrogen) atoms. The van der Waals surface area contributed by atoms with Crippen LogP contribution < -0.4 is 5.32 Å². The summed E-state index contributed by atoms with van der Waals surface area (Å²) in [5.41, 5.74) is 0. The van der Waals surface area contributed by atoms with E-state index in [-0.39, 0.29) is 5.91 Å². The highest BCUT2D eigenvalue weighted by atomic mass is 32.2. The Morgan fingerprint density at radius 1 is 1.56 bits per heavy atom. The molecule has 1 rings (SSSR count). The molecule has 6 nitrogen and oxygen atoms in total. The summed E-state index contributed by atoms with van der Waals surface area (Å²) in [6, 6.07) is 0. The number of hydrogen-bond acceptors (Lipinski definition) is 5. The molecule has 0 aromatic carbocycles. The largest absolute Gasteiger partial charge is 0.380 e. The van der Waals surface area contributed by atoms with E-state index in [1.54, 1.807) is 0 Å². The zero-order valence-electron chi connectivity index (χ0n) is 10.8. The Bertz CT molecular complexity index is 330. The quantitative estimate of drug-likeness (QED) is 0.519. The molecule has 0 aliphatic rings. The van der Waals surface area contributed by atoms with E-state index in [1.807, 2.05) is 0 Å². The number of aromatic amines is 1. The highest BCUT2D eigenvalue weighted by Gasteiger charge is 2.03. The number of rotatable bonds is 9. The smallest absolute Gasteiger partial charge is 0.230 e. The summed E-state index contributed by atoms with van der Waals surface area (Å²) < 4.78 is 5.40. The van der Waals surface area contributed by atoms with Gasteiger partial charge >= 0.3 is 0 Å². The third-order valence-corrected chi connectivity index (χ3v) is 3.02. The van der Waals surface area contributed by atoms with Gasteiger partial charge < -0.3 is 10.1 Å².